The van der Waals surface area contributed by atoms with Crippen molar-refractivity contribution in [1.29, 1.82) is 0 Å². The number of primary amides is 1. The largest absolute Gasteiger partial charge is 0.490 e. The van der Waals surface area contributed by atoms with E-state index in [1.165, 1.54) is 0 Å². The molecular formula is C14H16F3NO2. The van der Waals surface area contributed by atoms with Gasteiger partial charge < -0.3 is 10.5 Å². The summed E-state index contributed by atoms with van der Waals surface area (Å²) in [5.41, 5.74) is 5.49. The number of carbonyl (C=O) groups excluding carboxylic acids is 1. The third-order valence-electron chi connectivity index (χ3n) is 3.58. The zero-order valence-electron chi connectivity index (χ0n) is 10.8. The van der Waals surface area contributed by atoms with E-state index in [4.69, 9.17) is 10.5 Å². The average Bonchev–Trinajstić information content (AvgIpc) is 2.38. The van der Waals surface area contributed by atoms with Crippen LogP contribution in [0.4, 0.5) is 13.2 Å². The number of ether oxygens (including phenoxy) is 1. The Hall–Kier alpha value is -1.72. The third-order valence-corrected chi connectivity index (χ3v) is 3.58. The van der Waals surface area contributed by atoms with Gasteiger partial charge >= 0.3 is 6.18 Å². The topological polar surface area (TPSA) is 52.3 Å². The van der Waals surface area contributed by atoms with Crippen LogP contribution in [0.2, 0.25) is 0 Å². The van der Waals surface area contributed by atoms with Crippen molar-refractivity contribution in [2.24, 2.45) is 11.7 Å². The Kier molecular flexibility index (Phi) is 4.20. The smallest absolute Gasteiger partial charge is 0.391 e. The van der Waals surface area contributed by atoms with Crippen LogP contribution in [0.15, 0.2) is 24.3 Å². The number of carbonyl (C=O) groups is 1. The highest BCUT2D eigenvalue weighted by atomic mass is 19.4. The number of benzene rings is 1. The van der Waals surface area contributed by atoms with Crippen LogP contribution in [0, 0.1) is 5.92 Å². The molecule has 0 heterocycles. The van der Waals surface area contributed by atoms with E-state index in [1.807, 2.05) is 0 Å². The van der Waals surface area contributed by atoms with Gasteiger partial charge in [0.1, 0.15) is 5.75 Å². The molecule has 1 amide bonds. The summed E-state index contributed by atoms with van der Waals surface area (Å²) >= 11 is 0. The number of alkyl halides is 3. The van der Waals surface area contributed by atoms with Gasteiger partial charge in [0, 0.05) is 0 Å². The minimum atomic E-state index is -4.13. The van der Waals surface area contributed by atoms with E-state index in [0.717, 1.165) is 0 Å². The normalized spacial score (nSPS) is 23.4. The molecule has 0 bridgehead atoms. The standard InChI is InChI=1S/C14H16F3NO2/c15-14(16,17)9-5-7-10(8-6-9)20-12-4-2-1-3-11(12)13(18)19/h1-4,9-10H,5-8H2,(H2,18,19). The number of hydrogen-bond acceptors (Lipinski definition) is 2. The monoisotopic (exact) mass is 287 g/mol. The molecule has 0 unspecified atom stereocenters. The van der Waals surface area contributed by atoms with Gasteiger partial charge in [0.05, 0.1) is 17.6 Å². The number of nitrogens with two attached hydrogens (primary N) is 1. The molecule has 2 N–H and O–H groups in total. The minimum Gasteiger partial charge on any atom is -0.490 e. The Morgan fingerprint density at radius 1 is 1.15 bits per heavy atom. The summed E-state index contributed by atoms with van der Waals surface area (Å²) in [6.45, 7) is 0. The molecule has 6 heteroatoms. The molecule has 1 aromatic carbocycles. The number of amides is 1. The Labute approximate surface area is 114 Å². The van der Waals surface area contributed by atoms with Crippen molar-refractivity contribution in [2.75, 3.05) is 0 Å². The van der Waals surface area contributed by atoms with Crippen molar-refractivity contribution < 1.29 is 22.7 Å². The number of hydrogen-bond donors (Lipinski definition) is 1. The number of halogens is 3. The molecule has 1 aliphatic carbocycles. The highest BCUT2D eigenvalue weighted by Gasteiger charge is 2.41. The average molecular weight is 287 g/mol. The molecular weight excluding hydrogens is 271 g/mol. The lowest BCUT2D eigenvalue weighted by molar-refractivity contribution is -0.185. The van der Waals surface area contributed by atoms with E-state index < -0.39 is 18.0 Å². The second-order valence-electron chi connectivity index (χ2n) is 4.99. The highest BCUT2D eigenvalue weighted by molar-refractivity contribution is 5.95. The van der Waals surface area contributed by atoms with Crippen molar-refractivity contribution in [3.8, 4) is 5.75 Å². The SMILES string of the molecule is NC(=O)c1ccccc1OC1CCC(C(F)(F)F)CC1. The first-order valence-corrected chi connectivity index (χ1v) is 6.50. The summed E-state index contributed by atoms with van der Waals surface area (Å²) in [5.74, 6) is -1.51. The summed E-state index contributed by atoms with van der Waals surface area (Å²) in [5, 5.41) is 0. The van der Waals surface area contributed by atoms with Crippen molar-refractivity contribution in [1.82, 2.24) is 0 Å². The maximum Gasteiger partial charge on any atom is 0.391 e. The van der Waals surface area contributed by atoms with Gasteiger partial charge in [-0.1, -0.05) is 12.1 Å². The van der Waals surface area contributed by atoms with Crippen LogP contribution in [0.1, 0.15) is 36.0 Å². The fraction of sp³-hybridized carbons (Fsp3) is 0.500. The van der Waals surface area contributed by atoms with Crippen LogP contribution in [0.5, 0.6) is 5.75 Å². The first-order valence-electron chi connectivity index (χ1n) is 6.50. The van der Waals surface area contributed by atoms with E-state index in [2.05, 4.69) is 0 Å². The molecule has 0 saturated heterocycles. The molecule has 0 aliphatic heterocycles. The van der Waals surface area contributed by atoms with Gasteiger partial charge in [0.2, 0.25) is 0 Å². The van der Waals surface area contributed by atoms with Crippen molar-refractivity contribution in [3.63, 3.8) is 0 Å². The van der Waals surface area contributed by atoms with E-state index >= 15 is 0 Å². The van der Waals surface area contributed by atoms with Gasteiger partial charge in [-0.3, -0.25) is 4.79 Å². The summed E-state index contributed by atoms with van der Waals surface area (Å²) in [6, 6.07) is 6.51. The van der Waals surface area contributed by atoms with Crippen molar-refractivity contribution in [3.05, 3.63) is 29.8 Å². The van der Waals surface area contributed by atoms with Crippen molar-refractivity contribution >= 4 is 5.91 Å². The number of para-hydroxylation sites is 1. The lowest BCUT2D eigenvalue weighted by Gasteiger charge is -2.30. The molecule has 20 heavy (non-hydrogen) atoms. The van der Waals surface area contributed by atoms with Crippen LogP contribution in [-0.2, 0) is 0 Å². The fourth-order valence-corrected chi connectivity index (χ4v) is 2.46. The molecule has 1 saturated carbocycles. The van der Waals surface area contributed by atoms with Gasteiger partial charge in [0.15, 0.2) is 0 Å². The fourth-order valence-electron chi connectivity index (χ4n) is 2.46. The zero-order valence-corrected chi connectivity index (χ0v) is 10.8. The van der Waals surface area contributed by atoms with E-state index in [-0.39, 0.29) is 24.5 Å². The summed E-state index contributed by atoms with van der Waals surface area (Å²) in [6.07, 6.45) is -3.64. The molecule has 110 valence electrons. The maximum absolute atomic E-state index is 12.6. The van der Waals surface area contributed by atoms with Crippen LogP contribution >= 0.6 is 0 Å². The summed E-state index contributed by atoms with van der Waals surface area (Å²) in [4.78, 5) is 11.2. The molecule has 0 radical (unpaired) electrons. The van der Waals surface area contributed by atoms with Crippen LogP contribution in [0.25, 0.3) is 0 Å². The van der Waals surface area contributed by atoms with Gasteiger partial charge in [-0.2, -0.15) is 13.2 Å². The molecule has 2 rings (SSSR count). The highest BCUT2D eigenvalue weighted by Crippen LogP contribution is 2.38. The second kappa shape index (κ2) is 5.73. The molecule has 1 aliphatic rings. The van der Waals surface area contributed by atoms with Crippen LogP contribution in [0.3, 0.4) is 0 Å². The predicted octanol–water partition coefficient (Wildman–Crippen LogP) is 3.29. The van der Waals surface area contributed by atoms with Crippen molar-refractivity contribution in [2.45, 2.75) is 38.0 Å². The lowest BCUT2D eigenvalue weighted by atomic mass is 9.87. The Bertz CT molecular complexity index is 480. The first-order chi connectivity index (χ1) is 9.38. The maximum atomic E-state index is 12.6. The zero-order chi connectivity index (χ0) is 14.8. The Morgan fingerprint density at radius 2 is 1.75 bits per heavy atom. The Balaban J connectivity index is 1.98. The van der Waals surface area contributed by atoms with E-state index in [9.17, 15) is 18.0 Å². The second-order valence-corrected chi connectivity index (χ2v) is 4.99. The molecule has 0 aromatic heterocycles. The lowest BCUT2D eigenvalue weighted by Crippen LogP contribution is -2.32. The first kappa shape index (κ1) is 14.7. The summed E-state index contributed by atoms with van der Waals surface area (Å²) in [7, 11) is 0. The third kappa shape index (κ3) is 3.43. The van der Waals surface area contributed by atoms with Gasteiger partial charge in [-0.25, -0.2) is 0 Å². The molecule has 1 fully saturated rings. The molecule has 3 nitrogen and oxygen atoms in total. The van der Waals surface area contributed by atoms with Gasteiger partial charge in [0.25, 0.3) is 5.91 Å². The number of rotatable bonds is 3. The van der Waals surface area contributed by atoms with Gasteiger partial charge in [-0.15, -0.1) is 0 Å². The van der Waals surface area contributed by atoms with Crippen LogP contribution < -0.4 is 10.5 Å². The minimum absolute atomic E-state index is 0.0624. The van der Waals surface area contributed by atoms with E-state index in [0.29, 0.717) is 18.6 Å². The molecule has 1 aromatic rings. The predicted molar refractivity (Wildman–Crippen MR) is 67.4 cm³/mol. The van der Waals surface area contributed by atoms with E-state index in [1.54, 1.807) is 24.3 Å². The summed E-state index contributed by atoms with van der Waals surface area (Å²) < 4.78 is 43.3. The molecule has 0 spiro atoms. The molecule has 0 atom stereocenters. The van der Waals surface area contributed by atoms with Crippen LogP contribution in [-0.4, -0.2) is 18.2 Å². The van der Waals surface area contributed by atoms with Gasteiger partial charge in [-0.05, 0) is 37.8 Å². The quantitative estimate of drug-likeness (QED) is 0.927. The Morgan fingerprint density at radius 3 is 2.30 bits per heavy atom.